The summed E-state index contributed by atoms with van der Waals surface area (Å²) in [7, 11) is 0. The highest BCUT2D eigenvalue weighted by molar-refractivity contribution is 6.20. The van der Waals surface area contributed by atoms with Gasteiger partial charge in [0, 0.05) is 43.6 Å². The normalized spacial score (nSPS) is 11.7. The van der Waals surface area contributed by atoms with Crippen molar-refractivity contribution in [2.24, 2.45) is 0 Å². The molecule has 0 N–H and O–H groups in total. The first kappa shape index (κ1) is 32.9. The molecule has 4 heterocycles. The quantitative estimate of drug-likeness (QED) is 0.164. The van der Waals surface area contributed by atoms with Crippen LogP contribution in [0.5, 0.6) is 0 Å². The summed E-state index contributed by atoms with van der Waals surface area (Å²) < 4.78 is 11.7. The zero-order chi connectivity index (χ0) is 39.0. The van der Waals surface area contributed by atoms with Crippen LogP contribution in [0.3, 0.4) is 0 Å². The zero-order valence-corrected chi connectivity index (χ0v) is 31.5. The Morgan fingerprint density at radius 2 is 0.915 bits per heavy atom. The van der Waals surface area contributed by atoms with E-state index in [0.29, 0.717) is 22.7 Å². The molecule has 6 nitrogen and oxygen atoms in total. The van der Waals surface area contributed by atoms with Crippen molar-refractivity contribution < 1.29 is 4.42 Å². The average molecular weight is 754 g/mol. The minimum absolute atomic E-state index is 0.487. The molecule has 8 aromatic carbocycles. The van der Waals surface area contributed by atoms with E-state index in [-0.39, 0.29) is 0 Å². The van der Waals surface area contributed by atoms with Crippen molar-refractivity contribution in [3.63, 3.8) is 0 Å². The lowest BCUT2D eigenvalue weighted by atomic mass is 10.0. The zero-order valence-electron chi connectivity index (χ0n) is 31.5. The van der Waals surface area contributed by atoms with E-state index in [4.69, 9.17) is 21.0 Å². The Kier molecular flexibility index (Phi) is 7.19. The van der Waals surface area contributed by atoms with Crippen LogP contribution < -0.4 is 0 Å². The van der Waals surface area contributed by atoms with E-state index in [1.807, 2.05) is 60.7 Å². The van der Waals surface area contributed by atoms with Crippen molar-refractivity contribution in [1.82, 2.24) is 19.1 Å². The van der Waals surface area contributed by atoms with Crippen LogP contribution >= 0.6 is 0 Å². The molecule has 6 heteroatoms. The molecule has 0 saturated heterocycles. The highest BCUT2D eigenvalue weighted by Crippen LogP contribution is 2.48. The van der Waals surface area contributed by atoms with Crippen LogP contribution in [0.25, 0.3) is 116 Å². The predicted octanol–water partition coefficient (Wildman–Crippen LogP) is 14.1. The second-order valence-corrected chi connectivity index (χ2v) is 14.8. The number of fused-ring (bicyclic) bond motifs is 9. The maximum absolute atomic E-state index is 8.79. The summed E-state index contributed by atoms with van der Waals surface area (Å²) in [6, 6.07) is 64.5. The number of hydrogen-bond donors (Lipinski definition) is 0. The van der Waals surface area contributed by atoms with Crippen molar-refractivity contribution >= 4 is 71.2 Å². The summed E-state index contributed by atoms with van der Waals surface area (Å²) in [4.78, 5) is 14.6. The summed E-state index contributed by atoms with van der Waals surface area (Å²) in [5.41, 5.74) is 11.9. The lowest BCUT2D eigenvalue weighted by Crippen LogP contribution is -2.04. The van der Waals surface area contributed by atoms with Gasteiger partial charge in [0.25, 0.3) is 0 Å². The molecule has 0 spiro atoms. The third kappa shape index (κ3) is 4.92. The fraction of sp³-hybridized carbons (Fsp3) is 0. The number of para-hydroxylation sites is 5. The maximum atomic E-state index is 8.79. The molecule has 0 unspecified atom stereocenters. The first-order valence-corrected chi connectivity index (χ1v) is 19.6. The van der Waals surface area contributed by atoms with Crippen LogP contribution in [-0.2, 0) is 0 Å². The molecule has 4 aromatic heterocycles. The van der Waals surface area contributed by atoms with Crippen molar-refractivity contribution in [3.05, 3.63) is 199 Å². The third-order valence-corrected chi connectivity index (χ3v) is 11.5. The fourth-order valence-corrected chi connectivity index (χ4v) is 9.03. The second-order valence-electron chi connectivity index (χ2n) is 14.8. The van der Waals surface area contributed by atoms with Gasteiger partial charge >= 0.3 is 0 Å². The van der Waals surface area contributed by atoms with E-state index in [2.05, 4.69) is 141 Å². The highest BCUT2D eigenvalue weighted by Gasteiger charge is 2.28. The van der Waals surface area contributed by atoms with Gasteiger partial charge in [0.2, 0.25) is 5.69 Å². The van der Waals surface area contributed by atoms with Gasteiger partial charge in [-0.1, -0.05) is 146 Å². The number of rotatable bonds is 5. The Morgan fingerprint density at radius 1 is 0.441 bits per heavy atom. The SMILES string of the molecule is [C-]#[N+]c1cc2oc3c(-c4cc(-c5ccccc5)nc(-c5ccccc5)n4)cccc3c2c(-n2c3ccccc3c3ccccc32)c1-n1c2ccccc2c2ccccc21. The van der Waals surface area contributed by atoms with Crippen LogP contribution in [0.15, 0.2) is 192 Å². The second kappa shape index (κ2) is 12.9. The minimum Gasteiger partial charge on any atom is -0.457 e. The van der Waals surface area contributed by atoms with Gasteiger partial charge in [0.05, 0.1) is 56.8 Å². The molecule has 0 aliphatic rings. The Labute approximate surface area is 338 Å². The number of benzene rings is 8. The molecule has 274 valence electrons. The Bertz CT molecular complexity index is 3520. The van der Waals surface area contributed by atoms with Crippen LogP contribution in [-0.4, -0.2) is 19.1 Å². The van der Waals surface area contributed by atoms with Crippen molar-refractivity contribution in [1.29, 1.82) is 0 Å². The van der Waals surface area contributed by atoms with E-state index in [1.165, 1.54) is 0 Å². The Morgan fingerprint density at radius 3 is 1.47 bits per heavy atom. The molecule has 0 radical (unpaired) electrons. The molecule has 59 heavy (non-hydrogen) atoms. The summed E-state index contributed by atoms with van der Waals surface area (Å²) >= 11 is 0. The third-order valence-electron chi connectivity index (χ3n) is 11.5. The topological polar surface area (TPSA) is 53.1 Å². The number of furan rings is 1. The van der Waals surface area contributed by atoms with E-state index in [9.17, 15) is 0 Å². The number of aromatic nitrogens is 4. The molecule has 0 amide bonds. The molecule has 12 rings (SSSR count). The summed E-state index contributed by atoms with van der Waals surface area (Å²) in [5, 5.41) is 6.35. The van der Waals surface area contributed by atoms with Crippen molar-refractivity contribution in [2.75, 3.05) is 0 Å². The standard InChI is InChI=1S/C53H31N5O/c1-54-43-32-48-49(40-26-16-25-39(52(40)59-48)42-31-41(33-17-4-2-5-18-33)55-53(56-42)34-19-6-3-7-20-34)51(58-46-29-14-10-23-37(46)38-24-11-15-30-47(38)58)50(43)57-44-27-12-8-21-35(44)36-22-9-13-28-45(36)57/h2-32H. The number of nitrogens with zero attached hydrogens (tertiary/aromatic N) is 5. The van der Waals surface area contributed by atoms with E-state index < -0.39 is 0 Å². The average Bonchev–Trinajstić information content (AvgIpc) is 3.96. The number of hydrogen-bond acceptors (Lipinski definition) is 3. The van der Waals surface area contributed by atoms with Gasteiger partial charge in [0.1, 0.15) is 11.2 Å². The van der Waals surface area contributed by atoms with E-state index in [1.54, 1.807) is 0 Å². The predicted molar refractivity (Wildman–Crippen MR) is 241 cm³/mol. The minimum atomic E-state index is 0.487. The van der Waals surface area contributed by atoms with Gasteiger partial charge in [-0.15, -0.1) is 0 Å². The van der Waals surface area contributed by atoms with Crippen LogP contribution in [0.4, 0.5) is 5.69 Å². The molecular weight excluding hydrogens is 723 g/mol. The smallest absolute Gasteiger partial charge is 0.216 e. The Hall–Kier alpha value is -8.27. The summed E-state index contributed by atoms with van der Waals surface area (Å²) in [5.74, 6) is 0.630. The molecule has 0 aliphatic heterocycles. The van der Waals surface area contributed by atoms with E-state index >= 15 is 0 Å². The van der Waals surface area contributed by atoms with Crippen LogP contribution in [0.2, 0.25) is 0 Å². The molecule has 0 atom stereocenters. The fourth-order valence-electron chi connectivity index (χ4n) is 9.03. The first-order valence-electron chi connectivity index (χ1n) is 19.6. The molecule has 0 saturated carbocycles. The van der Waals surface area contributed by atoms with Gasteiger partial charge in [-0.05, 0) is 42.5 Å². The van der Waals surface area contributed by atoms with Gasteiger partial charge < -0.3 is 13.6 Å². The Balaban J connectivity index is 1.25. The maximum Gasteiger partial charge on any atom is 0.216 e. The van der Waals surface area contributed by atoms with Gasteiger partial charge in [-0.3, -0.25) is 0 Å². The van der Waals surface area contributed by atoms with Crippen molar-refractivity contribution in [2.45, 2.75) is 0 Å². The molecular formula is C53H31N5O. The molecule has 12 aromatic rings. The summed E-state index contributed by atoms with van der Waals surface area (Å²) in [6.07, 6.45) is 0. The largest absolute Gasteiger partial charge is 0.457 e. The highest BCUT2D eigenvalue weighted by atomic mass is 16.3. The lowest BCUT2D eigenvalue weighted by molar-refractivity contribution is 0.670. The van der Waals surface area contributed by atoms with Gasteiger partial charge in [-0.25, -0.2) is 14.8 Å². The van der Waals surface area contributed by atoms with Gasteiger partial charge in [0.15, 0.2) is 5.82 Å². The monoisotopic (exact) mass is 753 g/mol. The van der Waals surface area contributed by atoms with E-state index in [0.717, 1.165) is 93.8 Å². The molecule has 0 aliphatic carbocycles. The van der Waals surface area contributed by atoms with Crippen LogP contribution in [0.1, 0.15) is 0 Å². The molecule has 0 fully saturated rings. The molecule has 0 bridgehead atoms. The lowest BCUT2D eigenvalue weighted by Gasteiger charge is -2.19. The van der Waals surface area contributed by atoms with Crippen LogP contribution in [0, 0.1) is 6.57 Å². The van der Waals surface area contributed by atoms with Gasteiger partial charge in [-0.2, -0.15) is 0 Å². The first-order chi connectivity index (χ1) is 29.2. The summed E-state index contributed by atoms with van der Waals surface area (Å²) in [6.45, 7) is 8.79. The van der Waals surface area contributed by atoms with Crippen molar-refractivity contribution in [3.8, 4) is 45.3 Å².